The van der Waals surface area contributed by atoms with Crippen LogP contribution in [0.15, 0.2) is 0 Å². The van der Waals surface area contributed by atoms with Crippen LogP contribution < -0.4 is 23.1 Å². The molecule has 0 saturated heterocycles. The molecule has 0 amide bonds. The van der Waals surface area contributed by atoms with Crippen LogP contribution in [0.1, 0.15) is 0 Å². The second kappa shape index (κ2) is 3.87. The number of nitrogens with two attached hydrogens (primary N) is 4. The molecule has 0 atom stereocenters. The van der Waals surface area contributed by atoms with E-state index in [1.54, 1.807) is 0 Å². The minimum absolute atomic E-state index is 0. The normalized spacial score (nSPS) is 9.78. The van der Waals surface area contributed by atoms with Crippen LogP contribution in [-0.4, -0.2) is 11.8 Å². The first-order chi connectivity index (χ1) is 3.48. The van der Waals surface area contributed by atoms with E-state index in [2.05, 4.69) is 10.7 Å². The minimum Gasteiger partial charge on any atom is -0.370 e. The van der Waals surface area contributed by atoms with Crippen molar-refractivity contribution in [3.8, 4) is 0 Å². The van der Waals surface area contributed by atoms with Gasteiger partial charge in [-0.05, 0) is 0 Å². The maximum atomic E-state index is 10.1. The van der Waals surface area contributed by atoms with E-state index in [0.717, 1.165) is 0 Å². The van der Waals surface area contributed by atoms with Gasteiger partial charge in [0.25, 0.3) is 0 Å². The number of rotatable bonds is 1. The molecule has 0 aromatic carbocycles. The molecule has 9 heavy (non-hydrogen) atoms. The van der Waals surface area contributed by atoms with Gasteiger partial charge in [-0.3, -0.25) is 17.2 Å². The Labute approximate surface area is 64.6 Å². The molecule has 0 rings (SSSR count). The smallest absolute Gasteiger partial charge is 0.370 e. The third-order valence-electron chi connectivity index (χ3n) is 0.461. The topological polar surface area (TPSA) is 130 Å². The van der Waals surface area contributed by atoms with Gasteiger partial charge in [0.2, 0.25) is 5.79 Å². The molecule has 8 N–H and O–H groups in total. The van der Waals surface area contributed by atoms with Gasteiger partial charge in [-0.1, -0.05) is 0 Å². The van der Waals surface area contributed by atoms with Crippen LogP contribution in [0.25, 0.3) is 0 Å². The number of hydrogen-bond donors (Lipinski definition) is 4. The quantitative estimate of drug-likeness (QED) is 0.195. The predicted molar refractivity (Wildman–Crippen MR) is 25.6 cm³/mol. The van der Waals surface area contributed by atoms with E-state index in [-0.39, 0.29) is 19.5 Å². The largest absolute Gasteiger partial charge is 0.374 e. The Hall–Kier alpha value is -0.0666. The number of hydrogen-bond acceptors (Lipinski definition) is 6. The molecular formula is C2H8N4O2Zn. The van der Waals surface area contributed by atoms with Crippen LogP contribution in [0.3, 0.4) is 0 Å². The predicted octanol–water partition coefficient (Wildman–Crippen LogP) is -3.07. The van der Waals surface area contributed by atoms with Crippen LogP contribution in [-0.2, 0) is 29.1 Å². The molecule has 0 aromatic rings. The molecule has 0 bridgehead atoms. The first kappa shape index (κ1) is 11.7. The third-order valence-corrected chi connectivity index (χ3v) is 0.461. The number of carbonyl (C=O) groups is 1. The fourth-order valence-corrected chi connectivity index (χ4v) is 0.102. The molecule has 0 unspecified atom stereocenters. The fourth-order valence-electron chi connectivity index (χ4n) is 0.102. The molecule has 6 nitrogen and oxygen atoms in total. The maximum Gasteiger partial charge on any atom is 0.374 e. The van der Waals surface area contributed by atoms with E-state index < -0.39 is 11.8 Å². The Morgan fingerprint density at radius 2 is 1.67 bits per heavy atom. The summed E-state index contributed by atoms with van der Waals surface area (Å²) in [6.45, 7) is 0. The summed E-state index contributed by atoms with van der Waals surface area (Å²) in [5.41, 5.74) is 14.4. The molecule has 0 fully saturated rings. The van der Waals surface area contributed by atoms with E-state index in [9.17, 15) is 4.79 Å². The summed E-state index contributed by atoms with van der Waals surface area (Å²) in [5.74, 6) is 1.33. The minimum atomic E-state index is -1.98. The van der Waals surface area contributed by atoms with Crippen molar-refractivity contribution < 1.29 is 29.1 Å². The average Bonchev–Trinajstić information content (AvgIpc) is 1.62. The zero-order chi connectivity index (χ0) is 6.78. The third kappa shape index (κ3) is 4.44. The second-order valence-electron chi connectivity index (χ2n) is 1.34. The Morgan fingerprint density at radius 1 is 1.33 bits per heavy atom. The van der Waals surface area contributed by atoms with Crippen molar-refractivity contribution in [2.75, 3.05) is 0 Å². The van der Waals surface area contributed by atoms with E-state index in [1.807, 2.05) is 0 Å². The van der Waals surface area contributed by atoms with Gasteiger partial charge in [0, 0.05) is 19.5 Å². The summed E-state index contributed by atoms with van der Waals surface area (Å²) >= 11 is 0. The second-order valence-corrected chi connectivity index (χ2v) is 1.34. The molecule has 7 heteroatoms. The van der Waals surface area contributed by atoms with Gasteiger partial charge in [0.15, 0.2) is 0 Å². The molecule has 0 aromatic heterocycles. The first-order valence-electron chi connectivity index (χ1n) is 1.76. The summed E-state index contributed by atoms with van der Waals surface area (Å²) in [6, 6.07) is 0. The van der Waals surface area contributed by atoms with Crippen molar-refractivity contribution in [3.05, 3.63) is 0 Å². The van der Waals surface area contributed by atoms with Gasteiger partial charge in [-0.2, -0.15) is 5.90 Å². The zero-order valence-electron chi connectivity index (χ0n) is 4.83. The van der Waals surface area contributed by atoms with Crippen LogP contribution in [0, 0.1) is 0 Å². The molecule has 0 spiro atoms. The summed E-state index contributed by atoms with van der Waals surface area (Å²) in [7, 11) is 0. The molecule has 0 aliphatic rings. The maximum absolute atomic E-state index is 10.1. The Kier molecular flexibility index (Phi) is 5.02. The van der Waals surface area contributed by atoms with Gasteiger partial charge in [0.05, 0.1) is 0 Å². The van der Waals surface area contributed by atoms with Crippen LogP contribution >= 0.6 is 0 Å². The molecule has 0 aliphatic heterocycles. The summed E-state index contributed by atoms with van der Waals surface area (Å²) in [6.07, 6.45) is 0. The standard InChI is InChI=1S/C2H8N4O2.Zn/c3-2(4,5)1(7)8-6;/h3-6H2;. The Balaban J connectivity index is 0. The molecule has 0 aliphatic carbocycles. The molecule has 0 radical (unpaired) electrons. The van der Waals surface area contributed by atoms with Crippen molar-refractivity contribution in [3.63, 3.8) is 0 Å². The van der Waals surface area contributed by atoms with Gasteiger partial charge < -0.3 is 4.84 Å². The SMILES string of the molecule is NOC(=O)C(N)(N)N.[Zn]. The van der Waals surface area contributed by atoms with E-state index >= 15 is 0 Å². The monoisotopic (exact) mass is 184 g/mol. The van der Waals surface area contributed by atoms with Crippen LogP contribution in [0.4, 0.5) is 0 Å². The number of carbonyl (C=O) groups excluding carboxylic acids is 1. The van der Waals surface area contributed by atoms with Gasteiger partial charge in [0.1, 0.15) is 0 Å². The summed E-state index contributed by atoms with van der Waals surface area (Å²) in [5, 5.41) is 0. The molecule has 0 heterocycles. The summed E-state index contributed by atoms with van der Waals surface area (Å²) < 4.78 is 0. The molecule has 0 saturated carbocycles. The molecular weight excluding hydrogens is 177 g/mol. The van der Waals surface area contributed by atoms with Crippen molar-refractivity contribution >= 4 is 5.97 Å². The zero-order valence-corrected chi connectivity index (χ0v) is 7.80. The van der Waals surface area contributed by atoms with Gasteiger partial charge in [-0.25, -0.2) is 4.79 Å². The van der Waals surface area contributed by atoms with Crippen LogP contribution in [0.5, 0.6) is 0 Å². The first-order valence-corrected chi connectivity index (χ1v) is 1.76. The van der Waals surface area contributed by atoms with Crippen molar-refractivity contribution in [2.45, 2.75) is 5.79 Å². The molecule has 50 valence electrons. The van der Waals surface area contributed by atoms with Crippen molar-refractivity contribution in [1.82, 2.24) is 0 Å². The fraction of sp³-hybridized carbons (Fsp3) is 0.500. The van der Waals surface area contributed by atoms with Crippen molar-refractivity contribution in [1.29, 1.82) is 0 Å². The van der Waals surface area contributed by atoms with Gasteiger partial charge in [-0.15, -0.1) is 0 Å². The Morgan fingerprint density at radius 3 is 1.67 bits per heavy atom. The van der Waals surface area contributed by atoms with E-state index in [1.165, 1.54) is 0 Å². The summed E-state index contributed by atoms with van der Waals surface area (Å²) in [4.78, 5) is 13.7. The van der Waals surface area contributed by atoms with Gasteiger partial charge >= 0.3 is 5.97 Å². The average molecular weight is 186 g/mol. The van der Waals surface area contributed by atoms with E-state index in [0.29, 0.717) is 0 Å². The van der Waals surface area contributed by atoms with E-state index in [4.69, 9.17) is 17.2 Å². The Bertz CT molecular complexity index is 99.2. The van der Waals surface area contributed by atoms with Crippen LogP contribution in [0.2, 0.25) is 0 Å². The van der Waals surface area contributed by atoms with Crippen molar-refractivity contribution in [2.24, 2.45) is 23.1 Å².